The Hall–Kier alpha value is -4.02. The molecule has 1 aliphatic carbocycles. The average molecular weight is 480 g/mol. The first-order valence-electron chi connectivity index (χ1n) is 12.3. The van der Waals surface area contributed by atoms with Crippen molar-refractivity contribution < 1.29 is 19.1 Å². The van der Waals surface area contributed by atoms with Crippen molar-refractivity contribution in [2.24, 2.45) is 5.92 Å². The maximum atomic E-state index is 13.3. The molecule has 1 amide bonds. The van der Waals surface area contributed by atoms with E-state index in [4.69, 9.17) is 9.47 Å². The molecule has 3 aliphatic rings. The Labute approximate surface area is 209 Å². The summed E-state index contributed by atoms with van der Waals surface area (Å²) in [5.41, 5.74) is 5.20. The van der Waals surface area contributed by atoms with Crippen molar-refractivity contribution >= 4 is 11.9 Å². The highest BCUT2D eigenvalue weighted by Gasteiger charge is 2.45. The van der Waals surface area contributed by atoms with E-state index in [2.05, 4.69) is 29.2 Å². The number of rotatable bonds is 4. The molecule has 2 unspecified atom stereocenters. The molecule has 0 spiro atoms. The maximum Gasteiger partial charge on any atom is 0.410 e. The van der Waals surface area contributed by atoms with Gasteiger partial charge >= 0.3 is 6.09 Å². The van der Waals surface area contributed by atoms with Gasteiger partial charge in [-0.15, -0.1) is 0 Å². The van der Waals surface area contributed by atoms with E-state index in [1.165, 1.54) is 28.5 Å². The van der Waals surface area contributed by atoms with Crippen molar-refractivity contribution in [2.75, 3.05) is 19.8 Å². The SMILES string of the molecule is N#Cc1ncccc1C(=O)C1CC2COCC(C1)N2C(=O)OCC1c2ccccc2-c2ccccc21. The molecule has 2 aromatic carbocycles. The molecule has 36 heavy (non-hydrogen) atoms. The van der Waals surface area contributed by atoms with E-state index < -0.39 is 0 Å². The van der Waals surface area contributed by atoms with Gasteiger partial charge in [0.15, 0.2) is 11.5 Å². The third-order valence-electron chi connectivity index (χ3n) is 7.62. The summed E-state index contributed by atoms with van der Waals surface area (Å²) in [4.78, 5) is 32.4. The predicted molar refractivity (Wildman–Crippen MR) is 131 cm³/mol. The molecule has 7 heteroatoms. The molecule has 2 bridgehead atoms. The van der Waals surface area contributed by atoms with E-state index >= 15 is 0 Å². The van der Waals surface area contributed by atoms with Crippen molar-refractivity contribution in [3.8, 4) is 17.2 Å². The first-order chi connectivity index (χ1) is 17.7. The van der Waals surface area contributed by atoms with E-state index in [-0.39, 0.29) is 48.1 Å². The van der Waals surface area contributed by atoms with E-state index in [1.54, 1.807) is 17.0 Å². The summed E-state index contributed by atoms with van der Waals surface area (Å²) >= 11 is 0. The summed E-state index contributed by atoms with van der Waals surface area (Å²) in [6.07, 6.45) is 2.09. The number of Topliss-reactive ketones (excluding diaryl/α,β-unsaturated/α-hetero) is 1. The van der Waals surface area contributed by atoms with Gasteiger partial charge in [-0.1, -0.05) is 48.5 Å². The number of benzene rings is 2. The van der Waals surface area contributed by atoms with Gasteiger partial charge < -0.3 is 9.47 Å². The molecule has 2 saturated heterocycles. The summed E-state index contributed by atoms with van der Waals surface area (Å²) in [5, 5.41) is 9.36. The Balaban J connectivity index is 1.17. The molecule has 3 aromatic rings. The number of piperidine rings is 1. The lowest BCUT2D eigenvalue weighted by Gasteiger charge is -2.47. The number of carbonyl (C=O) groups is 2. The molecule has 2 atom stereocenters. The summed E-state index contributed by atoms with van der Waals surface area (Å²) in [6.45, 7) is 0.985. The monoisotopic (exact) mass is 479 g/mol. The van der Waals surface area contributed by atoms with Crippen molar-refractivity contribution in [2.45, 2.75) is 30.8 Å². The Morgan fingerprint density at radius 3 is 2.25 bits per heavy atom. The summed E-state index contributed by atoms with van der Waals surface area (Å²) in [7, 11) is 0. The van der Waals surface area contributed by atoms with E-state index in [0.29, 0.717) is 31.6 Å². The zero-order chi connectivity index (χ0) is 24.6. The Morgan fingerprint density at radius 2 is 1.61 bits per heavy atom. The summed E-state index contributed by atoms with van der Waals surface area (Å²) < 4.78 is 11.7. The number of hydrogen-bond donors (Lipinski definition) is 0. The topological polar surface area (TPSA) is 92.5 Å². The van der Waals surface area contributed by atoms with Crippen LogP contribution in [0.3, 0.4) is 0 Å². The standard InChI is InChI=1S/C29H25N3O4/c30-14-27-25(10-5-11-31-27)28(33)18-12-19-15-35-16-20(13-18)32(19)29(34)36-17-26-23-8-3-1-6-21(23)22-7-2-4-9-24(22)26/h1-11,18-20,26H,12-13,15-17H2. The van der Waals surface area contributed by atoms with Crippen LogP contribution in [0, 0.1) is 17.2 Å². The minimum Gasteiger partial charge on any atom is -0.448 e. The van der Waals surface area contributed by atoms with Gasteiger partial charge in [0.2, 0.25) is 0 Å². The number of pyridine rings is 1. The molecule has 6 rings (SSSR count). The minimum absolute atomic E-state index is 0.00783. The van der Waals surface area contributed by atoms with Crippen LogP contribution in [0.5, 0.6) is 0 Å². The van der Waals surface area contributed by atoms with Crippen LogP contribution < -0.4 is 0 Å². The van der Waals surface area contributed by atoms with Gasteiger partial charge in [-0.3, -0.25) is 9.69 Å². The maximum absolute atomic E-state index is 13.3. The van der Waals surface area contributed by atoms with Crippen molar-refractivity contribution in [1.82, 2.24) is 9.88 Å². The van der Waals surface area contributed by atoms with Gasteiger partial charge in [-0.2, -0.15) is 5.26 Å². The Bertz CT molecular complexity index is 1320. The second-order valence-corrected chi connectivity index (χ2v) is 9.60. The normalized spacial score (nSPS) is 22.3. The number of ether oxygens (including phenoxy) is 2. The number of carbonyl (C=O) groups excluding carboxylic acids is 2. The number of amides is 1. The lowest BCUT2D eigenvalue weighted by atomic mass is 9.80. The molecule has 2 aliphatic heterocycles. The number of nitriles is 1. The minimum atomic E-state index is -0.361. The fourth-order valence-electron chi connectivity index (χ4n) is 6.01. The lowest BCUT2D eigenvalue weighted by Crippen LogP contribution is -2.60. The molecular formula is C29H25N3O4. The quantitative estimate of drug-likeness (QED) is 0.509. The molecule has 0 radical (unpaired) electrons. The molecular weight excluding hydrogens is 454 g/mol. The summed E-state index contributed by atoms with van der Waals surface area (Å²) in [5.74, 6) is -0.395. The highest BCUT2D eigenvalue weighted by atomic mass is 16.6. The zero-order valence-corrected chi connectivity index (χ0v) is 19.7. The number of ketones is 1. The number of nitrogens with zero attached hydrogens (tertiary/aromatic N) is 3. The third kappa shape index (κ3) is 3.75. The number of aromatic nitrogens is 1. The number of hydrogen-bond acceptors (Lipinski definition) is 6. The van der Waals surface area contributed by atoms with Gasteiger partial charge in [-0.25, -0.2) is 9.78 Å². The highest BCUT2D eigenvalue weighted by molar-refractivity contribution is 5.99. The first-order valence-corrected chi connectivity index (χ1v) is 12.3. The van der Waals surface area contributed by atoms with Crippen LogP contribution in [0.4, 0.5) is 4.79 Å². The van der Waals surface area contributed by atoms with Crippen LogP contribution >= 0.6 is 0 Å². The molecule has 2 fully saturated rings. The van der Waals surface area contributed by atoms with Gasteiger partial charge in [0, 0.05) is 18.0 Å². The third-order valence-corrected chi connectivity index (χ3v) is 7.62. The molecule has 180 valence electrons. The lowest BCUT2D eigenvalue weighted by molar-refractivity contribution is -0.0747. The van der Waals surface area contributed by atoms with Crippen molar-refractivity contribution in [1.29, 1.82) is 5.26 Å². The largest absolute Gasteiger partial charge is 0.448 e. The number of fused-ring (bicyclic) bond motifs is 5. The molecule has 0 saturated carbocycles. The predicted octanol–water partition coefficient (Wildman–Crippen LogP) is 4.56. The Morgan fingerprint density at radius 1 is 0.972 bits per heavy atom. The average Bonchev–Trinajstić information content (AvgIpc) is 3.24. The summed E-state index contributed by atoms with van der Waals surface area (Å²) in [6, 6.07) is 21.4. The van der Waals surface area contributed by atoms with Gasteiger partial charge in [0.25, 0.3) is 0 Å². The highest BCUT2D eigenvalue weighted by Crippen LogP contribution is 2.44. The van der Waals surface area contributed by atoms with Crippen LogP contribution in [0.2, 0.25) is 0 Å². The van der Waals surface area contributed by atoms with Gasteiger partial charge in [0.05, 0.1) is 30.9 Å². The van der Waals surface area contributed by atoms with Gasteiger partial charge in [-0.05, 0) is 47.2 Å². The second kappa shape index (κ2) is 9.21. The van der Waals surface area contributed by atoms with Crippen LogP contribution in [0.15, 0.2) is 66.9 Å². The van der Waals surface area contributed by atoms with E-state index in [9.17, 15) is 14.9 Å². The fraction of sp³-hybridized carbons (Fsp3) is 0.310. The van der Waals surface area contributed by atoms with Crippen molar-refractivity contribution in [3.63, 3.8) is 0 Å². The van der Waals surface area contributed by atoms with E-state index in [1.807, 2.05) is 30.3 Å². The van der Waals surface area contributed by atoms with Crippen LogP contribution in [0.25, 0.3) is 11.1 Å². The Kier molecular flexibility index (Phi) is 5.74. The van der Waals surface area contributed by atoms with Gasteiger partial charge in [0.1, 0.15) is 12.7 Å². The molecule has 1 aromatic heterocycles. The second-order valence-electron chi connectivity index (χ2n) is 9.60. The molecule has 3 heterocycles. The molecule has 0 N–H and O–H groups in total. The fourth-order valence-corrected chi connectivity index (χ4v) is 6.01. The van der Waals surface area contributed by atoms with Crippen molar-refractivity contribution in [3.05, 3.63) is 89.2 Å². The first kappa shape index (κ1) is 22.4. The van der Waals surface area contributed by atoms with Crippen LogP contribution in [-0.2, 0) is 9.47 Å². The zero-order valence-electron chi connectivity index (χ0n) is 19.7. The van der Waals surface area contributed by atoms with Crippen LogP contribution in [0.1, 0.15) is 45.9 Å². The van der Waals surface area contributed by atoms with E-state index in [0.717, 1.165) is 0 Å². The number of morpholine rings is 1. The smallest absolute Gasteiger partial charge is 0.410 e. The molecule has 7 nitrogen and oxygen atoms in total. The van der Waals surface area contributed by atoms with Crippen LogP contribution in [-0.4, -0.2) is 53.7 Å².